The summed E-state index contributed by atoms with van der Waals surface area (Å²) in [7, 11) is -18.5. The first-order valence-corrected chi connectivity index (χ1v) is 55.8. The van der Waals surface area contributed by atoms with E-state index < -0.39 is 123 Å². The number of rotatable bonds is 37. The Balaban J connectivity index is 0.000000187. The van der Waals surface area contributed by atoms with Crippen LogP contribution in [0.15, 0.2) is 190 Å². The number of furan rings is 1. The van der Waals surface area contributed by atoms with Crippen LogP contribution in [0.2, 0.25) is 9.36 Å². The monoisotopic (exact) mass is 2260 g/mol. The molecule has 4 saturated carbocycles. The molecular weight excluding hydrogens is 2150 g/mol. The maximum atomic E-state index is 13.7. The van der Waals surface area contributed by atoms with E-state index in [1.54, 1.807) is 24.3 Å². The molecule has 1 saturated heterocycles. The largest absolute Gasteiger partial charge is 0.489 e. The van der Waals surface area contributed by atoms with E-state index in [4.69, 9.17) is 57.6 Å². The Morgan fingerprint density at radius 2 is 0.986 bits per heavy atom. The molecule has 15 N–H and O–H groups in total. The average Bonchev–Trinajstić information content (AvgIpc) is 1.60. The number of thiophene rings is 4. The molecule has 5 fully saturated rings. The minimum Gasteiger partial charge on any atom is -0.489 e. The number of aliphatic hydroxyl groups is 4. The molecule has 4 aliphatic carbocycles. The minimum absolute atomic E-state index is 0. The van der Waals surface area contributed by atoms with Gasteiger partial charge in [-0.15, -0.1) is 45.3 Å². The number of ketones is 4. The van der Waals surface area contributed by atoms with Crippen LogP contribution in [0, 0.1) is 43.4 Å². The summed E-state index contributed by atoms with van der Waals surface area (Å²) in [5.41, 5.74) is 4.00. The third kappa shape index (κ3) is 32.2. The van der Waals surface area contributed by atoms with Crippen molar-refractivity contribution in [1.29, 1.82) is 0 Å². The Hall–Kier alpha value is -10.3. The molecule has 148 heavy (non-hydrogen) atoms. The molecule has 0 bridgehead atoms. The van der Waals surface area contributed by atoms with E-state index in [2.05, 4.69) is 84.7 Å². The predicted octanol–water partition coefficient (Wildman–Crippen LogP) is 13.4. The summed E-state index contributed by atoms with van der Waals surface area (Å²) in [6.45, 7) is 3.93. The number of nitrogens with two attached hydrogens (primary N) is 4. The maximum absolute atomic E-state index is 13.7. The highest BCUT2D eigenvalue weighted by molar-refractivity contribution is 7.85. The van der Waals surface area contributed by atoms with Crippen LogP contribution in [0.5, 0.6) is 5.75 Å². The number of hydrogen-bond acceptors (Lipinski definition) is 39. The van der Waals surface area contributed by atoms with Crippen LogP contribution in [0.25, 0.3) is 0 Å². The van der Waals surface area contributed by atoms with Crippen LogP contribution in [-0.4, -0.2) is 197 Å². The summed E-state index contributed by atoms with van der Waals surface area (Å²) in [6.07, 6.45) is 9.02. The van der Waals surface area contributed by atoms with E-state index in [1.807, 2.05) is 73.1 Å². The van der Waals surface area contributed by atoms with E-state index in [0.29, 0.717) is 130 Å². The Labute approximate surface area is 881 Å². The van der Waals surface area contributed by atoms with Crippen LogP contribution in [-0.2, 0) is 105 Å². The predicted molar refractivity (Wildman–Crippen MR) is 550 cm³/mol. The Bertz CT molecular complexity index is 7130. The number of aromatic nitrogens is 8. The van der Waals surface area contributed by atoms with Crippen molar-refractivity contribution in [2.75, 3.05) is 49.0 Å². The smallest absolute Gasteiger partial charge is 0.416 e. The lowest BCUT2D eigenvalue weighted by Crippen LogP contribution is -2.26. The van der Waals surface area contributed by atoms with Gasteiger partial charge in [0.2, 0.25) is 23.1 Å². The number of nitrogens with one attached hydrogen (secondary N) is 3. The highest BCUT2D eigenvalue weighted by atomic mass is 35.5. The highest BCUT2D eigenvalue weighted by Gasteiger charge is 2.44. The van der Waals surface area contributed by atoms with Crippen molar-refractivity contribution in [2.24, 2.45) is 50.1 Å². The number of benzene rings is 3. The van der Waals surface area contributed by atoms with Gasteiger partial charge in [-0.2, -0.15) is 46.8 Å². The first-order valence-electron chi connectivity index (χ1n) is 44.6. The molecule has 53 heteroatoms. The van der Waals surface area contributed by atoms with Gasteiger partial charge in [-0.25, -0.2) is 64.6 Å². The Morgan fingerprint density at radius 3 is 1.47 bits per heavy atom. The van der Waals surface area contributed by atoms with Crippen LogP contribution < -0.4 is 41.2 Å². The fourth-order valence-electron chi connectivity index (χ4n) is 17.5. The van der Waals surface area contributed by atoms with Crippen molar-refractivity contribution in [1.82, 2.24) is 39.9 Å². The number of nitrogens with zero attached hydrogens (tertiary/aromatic N) is 8. The molecule has 39 nitrogen and oxygen atoms in total. The molecule has 10 heterocycles. The molecule has 9 aromatic heterocycles. The summed E-state index contributed by atoms with van der Waals surface area (Å²) in [4.78, 5) is 88.9. The fraction of sp³-hybridized carbons (Fsp3) is 0.389. The highest BCUT2D eigenvalue weighted by Crippen LogP contribution is 2.48. The third-order valence-electron chi connectivity index (χ3n) is 24.4. The third-order valence-corrected chi connectivity index (χ3v) is 32.5. The van der Waals surface area contributed by atoms with Crippen molar-refractivity contribution < 1.29 is 121 Å². The molecule has 0 spiro atoms. The summed E-state index contributed by atoms with van der Waals surface area (Å²) < 4.78 is 177. The van der Waals surface area contributed by atoms with Gasteiger partial charge in [0.25, 0.3) is 0 Å². The van der Waals surface area contributed by atoms with Gasteiger partial charge in [0, 0.05) is 106 Å². The Morgan fingerprint density at radius 1 is 0.527 bits per heavy atom. The van der Waals surface area contributed by atoms with Crippen molar-refractivity contribution in [3.63, 3.8) is 0 Å². The molecular formula is C95H110Cl2F3N15O24S9. The van der Waals surface area contributed by atoms with Crippen LogP contribution in [0.3, 0.4) is 0 Å². The molecule has 0 radical (unpaired) electrons. The van der Waals surface area contributed by atoms with Gasteiger partial charge in [-0.3, -0.25) is 35.9 Å². The van der Waals surface area contributed by atoms with Gasteiger partial charge in [0.1, 0.15) is 76.6 Å². The van der Waals surface area contributed by atoms with Crippen molar-refractivity contribution in [2.45, 2.75) is 184 Å². The number of aliphatic hydroxyl groups excluding tert-OH is 4. The molecule has 2 unspecified atom stereocenters. The fourth-order valence-corrected chi connectivity index (χ4v) is 24.7. The average molecular weight is 2260 g/mol. The summed E-state index contributed by atoms with van der Waals surface area (Å²) in [5, 5.41) is 74.6. The number of carbonyl (C=O) groups is 4. The van der Waals surface area contributed by atoms with Gasteiger partial charge in [-0.05, 0) is 185 Å². The van der Waals surface area contributed by atoms with Gasteiger partial charge < -0.3 is 50.3 Å². The second-order valence-electron chi connectivity index (χ2n) is 34.8. The van der Waals surface area contributed by atoms with Gasteiger partial charge in [-0.1, -0.05) is 87.9 Å². The molecule has 17 rings (SSSR count). The standard InChI is InChI=1S/C26H30N4O6S2.C23H24ClN3O6S2.C22H20ClF3N4O6S3.C21H24N4O6S2.3CH4/c1-16-21(26(8-5-9-35-26)18-6-3-2-4-7-18)12-23(37-16)24(32)20-13-28-15-29-25(20)30-19-10-17(22(31)11-19)14-36-38(27,33)34;24-17-2-1-3-18(8-17)32-10-15-7-22(34-12-15)23(29)19-9-26-13-27-20(19)5-14-4-16(21(28)6-14)11-33-35(25,30)31;23-20-18(38(33)14-3-1-2-12(5-14)22(24,25)26)7-17(37-20)19(32)15-8-28-10-29-21(15)30-13-4-11(16(31)6-13)9-36-39(27,34)35;1-12-2-3-16(31-12)4-13-5-19(32-10-13)20(27)17-8-23-11-24-21(17)25-15-6-14(18(26)7-15)9-30-33(22,28)29;;;/h2-4,6-7,12-13,15,17,19,22,31H,5,8-11,14H2,1H3,(H2,27,33,34)(H,28,29,30);1-3,7-9,12-14,16,21,28H,4-6,10-11H2,(H2,25,30,31);1-3,5,7-8,10-11,13,16,31H,4,6,9H2,(H2,27,34,35)(H,28,29,30);2-3,5,8,10-11,14-15,18,26H,4,6-7,9H2,1H3,(H2,22,28,29)(H,23,24,25);3*1H4/t17-,19-,22+,26?;14-,16+,21-;11-,13-,16+,38?;14-,15-,18+;;;/m1011.../s1. The van der Waals surface area contributed by atoms with E-state index in [9.17, 15) is 90.7 Å². The maximum Gasteiger partial charge on any atom is 0.416 e. The molecule has 12 aromatic rings. The van der Waals surface area contributed by atoms with Crippen LogP contribution in [0.1, 0.15) is 197 Å². The first kappa shape index (κ1) is 118. The summed E-state index contributed by atoms with van der Waals surface area (Å²) in [6, 6.07) is 31.0. The van der Waals surface area contributed by atoms with E-state index in [1.165, 1.54) is 96.2 Å². The number of halogens is 5. The quantitative estimate of drug-likeness (QED) is 0.0161. The van der Waals surface area contributed by atoms with Crippen LogP contribution in [0.4, 0.5) is 30.6 Å². The minimum atomic E-state index is -4.62. The van der Waals surface area contributed by atoms with Crippen molar-refractivity contribution in [3.8, 4) is 5.75 Å². The Kier molecular flexibility index (Phi) is 41.2. The number of anilines is 3. The lowest BCUT2D eigenvalue weighted by atomic mass is 9.84. The molecule has 0 amide bonds. The zero-order valence-electron chi connectivity index (χ0n) is 76.8. The zero-order valence-corrected chi connectivity index (χ0v) is 85.7. The molecule has 3 aromatic carbocycles. The van der Waals surface area contributed by atoms with E-state index >= 15 is 0 Å². The van der Waals surface area contributed by atoms with Crippen molar-refractivity contribution >= 4 is 161 Å². The number of aryl methyl sites for hydroxylation is 2. The van der Waals surface area contributed by atoms with Gasteiger partial charge in [0.05, 0.1) is 120 Å². The normalized spacial score (nSPS) is 21.4. The zero-order chi connectivity index (χ0) is 104. The van der Waals surface area contributed by atoms with E-state index in [-0.39, 0.29) is 127 Å². The van der Waals surface area contributed by atoms with Crippen molar-refractivity contribution in [3.05, 3.63) is 277 Å². The summed E-state index contributed by atoms with van der Waals surface area (Å²) in [5.74, 6) is 0.245. The summed E-state index contributed by atoms with van der Waals surface area (Å²) >= 11 is 17.1. The molecule has 798 valence electrons. The number of carbonyl (C=O) groups excluding carboxylic acids is 4. The number of hydrogen-bond donors (Lipinski definition) is 11. The van der Waals surface area contributed by atoms with E-state index in [0.717, 1.165) is 81.0 Å². The second kappa shape index (κ2) is 51.7. The topological polar surface area (TPSA) is 615 Å². The SMILES string of the molecule is C.C.C.Cc1ccc(Cc2csc(C(=O)c3cncnc3N[C@@H]3C[C@H](COS(N)(=O)=O)[C@@H](O)C3)c2)o1.Cc1sc(C(=O)c2cncnc2N[C@@H]2C[C@H](COS(N)(=O)=O)[C@@H](O)C2)cc1C1(c2ccccc2)CCCO1.NS(=O)(=O)OC[C@H]1C[C@@H](Cc2ncncc2C(=O)c2cc(COc3cccc(Cl)c3)cs2)C[C@@H]1O.NS(=O)(=O)OC[C@H]1C[C@@H](Nc2ncncc2C(=O)c2cc(S(=O)c3cccc(C(F)(F)F)c3)c(Cl)s2)C[C@@H]1O. The second-order valence-corrected chi connectivity index (χ2v) is 46.3. The van der Waals surface area contributed by atoms with Crippen LogP contribution >= 0.6 is 68.5 Å². The molecule has 1 aliphatic heterocycles. The number of alkyl halides is 3. The number of ether oxygens (including phenoxy) is 2. The lowest BCUT2D eigenvalue weighted by Gasteiger charge is -2.29. The van der Waals surface area contributed by atoms with Gasteiger partial charge in [0.15, 0.2) is 0 Å². The lowest BCUT2D eigenvalue weighted by molar-refractivity contribution is -0.137. The first-order chi connectivity index (χ1) is 68.7. The molecule has 5 aliphatic rings. The van der Waals surface area contributed by atoms with Gasteiger partial charge >= 0.3 is 47.4 Å². The molecule has 14 atom stereocenters.